The quantitative estimate of drug-likeness (QED) is 0.669. The predicted molar refractivity (Wildman–Crippen MR) is 109 cm³/mol. The summed E-state index contributed by atoms with van der Waals surface area (Å²) in [6.45, 7) is 2.93. The van der Waals surface area contributed by atoms with Crippen LogP contribution in [0, 0.1) is 0 Å². The molecular weight excluding hydrogens is 380 g/mol. The van der Waals surface area contributed by atoms with Crippen molar-refractivity contribution >= 4 is 34.8 Å². The first kappa shape index (κ1) is 20.0. The monoisotopic (exact) mass is 402 g/mol. The number of fused-ring (bicyclic) bond motifs is 1. The molecule has 28 heavy (non-hydrogen) atoms. The van der Waals surface area contributed by atoms with E-state index in [9.17, 15) is 9.59 Å². The van der Waals surface area contributed by atoms with Crippen LogP contribution in [0.5, 0.6) is 11.5 Å². The largest absolute Gasteiger partial charge is 0.494 e. The summed E-state index contributed by atoms with van der Waals surface area (Å²) in [7, 11) is 0. The van der Waals surface area contributed by atoms with Crippen molar-refractivity contribution in [2.24, 2.45) is 0 Å². The van der Waals surface area contributed by atoms with E-state index in [1.165, 1.54) is 0 Å². The van der Waals surface area contributed by atoms with Crippen molar-refractivity contribution in [1.82, 2.24) is 0 Å². The number of rotatable bonds is 8. The van der Waals surface area contributed by atoms with Crippen molar-refractivity contribution in [3.8, 4) is 11.5 Å². The number of amides is 2. The molecule has 1 aliphatic heterocycles. The molecule has 0 spiro atoms. The number of hydrogen-bond acceptors (Lipinski definition) is 4. The van der Waals surface area contributed by atoms with Crippen molar-refractivity contribution in [3.05, 3.63) is 47.5 Å². The second-order valence-corrected chi connectivity index (χ2v) is 6.86. The fraction of sp³-hybridized carbons (Fsp3) is 0.333. The molecule has 0 unspecified atom stereocenters. The topological polar surface area (TPSA) is 67.9 Å². The van der Waals surface area contributed by atoms with Crippen LogP contribution in [0.15, 0.2) is 42.5 Å². The Morgan fingerprint density at radius 2 is 2.00 bits per heavy atom. The number of anilines is 2. The standard InChI is InChI=1S/C21H23ClN2O4/c1-2-20(25)23-16-7-10-19-18(13-16)24(21(26)14-28-19)11-3-4-12-27-17-8-5-15(22)6-9-17/h5-10,13H,2-4,11-12,14H2,1H3,(H,23,25). The van der Waals surface area contributed by atoms with Crippen molar-refractivity contribution in [3.63, 3.8) is 0 Å². The van der Waals surface area contributed by atoms with E-state index in [-0.39, 0.29) is 18.4 Å². The van der Waals surface area contributed by atoms with Gasteiger partial charge in [0, 0.05) is 23.7 Å². The van der Waals surface area contributed by atoms with E-state index >= 15 is 0 Å². The van der Waals surface area contributed by atoms with E-state index in [1.54, 1.807) is 42.2 Å². The minimum absolute atomic E-state index is 0.0228. The lowest BCUT2D eigenvalue weighted by Crippen LogP contribution is -2.39. The van der Waals surface area contributed by atoms with Crippen LogP contribution < -0.4 is 19.7 Å². The Bertz CT molecular complexity index is 839. The van der Waals surface area contributed by atoms with Gasteiger partial charge in [0.05, 0.1) is 12.3 Å². The van der Waals surface area contributed by atoms with Crippen molar-refractivity contribution in [2.75, 3.05) is 30.0 Å². The smallest absolute Gasteiger partial charge is 0.265 e. The normalized spacial score (nSPS) is 12.9. The summed E-state index contributed by atoms with van der Waals surface area (Å²) in [6, 6.07) is 12.6. The van der Waals surface area contributed by atoms with Crippen LogP contribution in [0.3, 0.4) is 0 Å². The summed E-state index contributed by atoms with van der Waals surface area (Å²) >= 11 is 5.86. The number of nitrogens with zero attached hydrogens (tertiary/aromatic N) is 1. The molecule has 2 amide bonds. The minimum atomic E-state index is -0.0925. The van der Waals surface area contributed by atoms with Crippen LogP contribution in [-0.4, -0.2) is 31.6 Å². The Labute approximate surface area is 169 Å². The van der Waals surface area contributed by atoms with E-state index < -0.39 is 0 Å². The predicted octanol–water partition coefficient (Wildman–Crippen LogP) is 4.27. The van der Waals surface area contributed by atoms with Crippen LogP contribution in [0.1, 0.15) is 26.2 Å². The average molecular weight is 403 g/mol. The third-order valence-electron chi connectivity index (χ3n) is 4.37. The van der Waals surface area contributed by atoms with Gasteiger partial charge in [0.2, 0.25) is 5.91 Å². The van der Waals surface area contributed by atoms with Gasteiger partial charge < -0.3 is 19.7 Å². The fourth-order valence-corrected chi connectivity index (χ4v) is 2.99. The molecule has 1 N–H and O–H groups in total. The van der Waals surface area contributed by atoms with E-state index in [4.69, 9.17) is 21.1 Å². The van der Waals surface area contributed by atoms with Crippen molar-refractivity contribution in [1.29, 1.82) is 0 Å². The summed E-state index contributed by atoms with van der Waals surface area (Å²) in [5, 5.41) is 3.49. The van der Waals surface area contributed by atoms with E-state index in [1.807, 2.05) is 12.1 Å². The average Bonchev–Trinajstić information content (AvgIpc) is 2.70. The van der Waals surface area contributed by atoms with Crippen molar-refractivity contribution in [2.45, 2.75) is 26.2 Å². The zero-order chi connectivity index (χ0) is 19.9. The van der Waals surface area contributed by atoms with Crippen LogP contribution in [0.2, 0.25) is 5.02 Å². The van der Waals surface area contributed by atoms with Gasteiger partial charge in [0.25, 0.3) is 5.91 Å². The lowest BCUT2D eigenvalue weighted by atomic mass is 10.2. The molecule has 6 nitrogen and oxygen atoms in total. The number of nitrogens with one attached hydrogen (secondary N) is 1. The molecule has 0 saturated carbocycles. The lowest BCUT2D eigenvalue weighted by molar-refractivity contribution is -0.121. The highest BCUT2D eigenvalue weighted by Crippen LogP contribution is 2.34. The molecule has 0 saturated heterocycles. The summed E-state index contributed by atoms with van der Waals surface area (Å²) < 4.78 is 11.2. The van der Waals surface area contributed by atoms with Gasteiger partial charge in [0.1, 0.15) is 11.5 Å². The first-order chi connectivity index (χ1) is 13.6. The highest BCUT2D eigenvalue weighted by atomic mass is 35.5. The van der Waals surface area contributed by atoms with E-state index in [0.29, 0.717) is 41.7 Å². The number of benzene rings is 2. The summed E-state index contributed by atoms with van der Waals surface area (Å²) in [4.78, 5) is 25.7. The summed E-state index contributed by atoms with van der Waals surface area (Å²) in [5.41, 5.74) is 1.34. The maximum absolute atomic E-state index is 12.3. The number of unbranched alkanes of at least 4 members (excludes halogenated alkanes) is 1. The molecule has 1 heterocycles. The molecule has 7 heteroatoms. The second-order valence-electron chi connectivity index (χ2n) is 6.43. The summed E-state index contributed by atoms with van der Waals surface area (Å²) in [5.74, 6) is 1.25. The molecule has 2 aromatic rings. The van der Waals surface area contributed by atoms with Gasteiger partial charge in [-0.25, -0.2) is 0 Å². The van der Waals surface area contributed by atoms with Crippen LogP contribution in [0.25, 0.3) is 0 Å². The number of halogens is 1. The lowest BCUT2D eigenvalue weighted by Gasteiger charge is -2.30. The number of carbonyl (C=O) groups is 2. The van der Waals surface area contributed by atoms with Gasteiger partial charge in [-0.2, -0.15) is 0 Å². The minimum Gasteiger partial charge on any atom is -0.494 e. The van der Waals surface area contributed by atoms with Crippen molar-refractivity contribution < 1.29 is 19.1 Å². The molecule has 0 fully saturated rings. The van der Waals surface area contributed by atoms with Crippen LogP contribution in [0.4, 0.5) is 11.4 Å². The number of carbonyl (C=O) groups excluding carboxylic acids is 2. The first-order valence-electron chi connectivity index (χ1n) is 9.32. The molecular formula is C21H23ClN2O4. The van der Waals surface area contributed by atoms with Gasteiger partial charge in [-0.15, -0.1) is 0 Å². The third kappa shape index (κ3) is 5.16. The van der Waals surface area contributed by atoms with Gasteiger partial charge in [-0.05, 0) is 55.3 Å². The Balaban J connectivity index is 1.56. The highest BCUT2D eigenvalue weighted by molar-refractivity contribution is 6.30. The highest BCUT2D eigenvalue weighted by Gasteiger charge is 2.25. The van der Waals surface area contributed by atoms with Gasteiger partial charge >= 0.3 is 0 Å². The first-order valence-corrected chi connectivity index (χ1v) is 9.70. The molecule has 1 aliphatic rings. The second kappa shape index (κ2) is 9.46. The Kier molecular flexibility index (Phi) is 6.76. The van der Waals surface area contributed by atoms with Gasteiger partial charge in [0.15, 0.2) is 6.61 Å². The van der Waals surface area contributed by atoms with Gasteiger partial charge in [-0.3, -0.25) is 9.59 Å². The molecule has 0 bridgehead atoms. The van der Waals surface area contributed by atoms with Crippen LogP contribution in [-0.2, 0) is 9.59 Å². The molecule has 148 valence electrons. The molecule has 2 aromatic carbocycles. The van der Waals surface area contributed by atoms with E-state index in [2.05, 4.69) is 5.32 Å². The summed E-state index contributed by atoms with van der Waals surface area (Å²) in [6.07, 6.45) is 1.98. The molecule has 0 radical (unpaired) electrons. The number of ether oxygens (including phenoxy) is 2. The molecule has 0 atom stereocenters. The Morgan fingerprint density at radius 3 is 2.75 bits per heavy atom. The third-order valence-corrected chi connectivity index (χ3v) is 4.62. The maximum atomic E-state index is 12.3. The Morgan fingerprint density at radius 1 is 1.21 bits per heavy atom. The van der Waals surface area contributed by atoms with Gasteiger partial charge in [-0.1, -0.05) is 18.5 Å². The SMILES string of the molecule is CCC(=O)Nc1ccc2c(c1)N(CCCCOc1ccc(Cl)cc1)C(=O)CO2. The Hall–Kier alpha value is -2.73. The van der Waals surface area contributed by atoms with Crippen LogP contribution >= 0.6 is 11.6 Å². The fourth-order valence-electron chi connectivity index (χ4n) is 2.87. The number of hydrogen-bond donors (Lipinski definition) is 1. The zero-order valence-electron chi connectivity index (χ0n) is 15.7. The zero-order valence-corrected chi connectivity index (χ0v) is 16.5. The molecule has 0 aliphatic carbocycles. The maximum Gasteiger partial charge on any atom is 0.265 e. The van der Waals surface area contributed by atoms with E-state index in [0.717, 1.165) is 18.6 Å². The molecule has 0 aromatic heterocycles. The molecule has 3 rings (SSSR count).